The molecular formula is C21H21NO4. The number of aromatic hydroxyl groups is 1. The SMILES string of the molecule is CCC(=O)c1cc(C#CCCNC(=O)OCc2ccccc2)ccc1O. The Labute approximate surface area is 153 Å². The molecule has 0 aliphatic carbocycles. The van der Waals surface area contributed by atoms with Crippen LogP contribution in [0.25, 0.3) is 0 Å². The number of hydrogen-bond acceptors (Lipinski definition) is 4. The maximum absolute atomic E-state index is 11.7. The second-order valence-electron chi connectivity index (χ2n) is 5.55. The van der Waals surface area contributed by atoms with Crippen LogP contribution in [0.4, 0.5) is 4.79 Å². The Morgan fingerprint density at radius 1 is 1.15 bits per heavy atom. The summed E-state index contributed by atoms with van der Waals surface area (Å²) in [6.45, 7) is 2.32. The summed E-state index contributed by atoms with van der Waals surface area (Å²) in [4.78, 5) is 23.3. The molecule has 0 aromatic heterocycles. The molecule has 0 aliphatic heterocycles. The van der Waals surface area contributed by atoms with E-state index in [4.69, 9.17) is 4.74 Å². The standard InChI is InChI=1S/C21H21NO4/c1-2-19(23)18-14-16(11-12-20(18)24)8-6-7-13-22-21(25)26-15-17-9-4-3-5-10-17/h3-5,9-12,14,24H,2,7,13,15H2,1H3,(H,22,25). The summed E-state index contributed by atoms with van der Waals surface area (Å²) in [5.74, 6) is 5.67. The summed E-state index contributed by atoms with van der Waals surface area (Å²) in [7, 11) is 0. The lowest BCUT2D eigenvalue weighted by Gasteiger charge is -2.05. The summed E-state index contributed by atoms with van der Waals surface area (Å²) in [5.41, 5.74) is 1.85. The Kier molecular flexibility index (Phi) is 7.26. The molecule has 2 N–H and O–H groups in total. The number of amides is 1. The predicted octanol–water partition coefficient (Wildman–Crippen LogP) is 3.65. The van der Waals surface area contributed by atoms with Crippen LogP contribution in [0.5, 0.6) is 5.75 Å². The Balaban J connectivity index is 1.76. The molecule has 0 unspecified atom stereocenters. The zero-order chi connectivity index (χ0) is 18.8. The minimum Gasteiger partial charge on any atom is -0.507 e. The smallest absolute Gasteiger partial charge is 0.407 e. The third-order valence-corrected chi connectivity index (χ3v) is 3.58. The van der Waals surface area contributed by atoms with Crippen molar-refractivity contribution >= 4 is 11.9 Å². The lowest BCUT2D eigenvalue weighted by Crippen LogP contribution is -2.24. The highest BCUT2D eigenvalue weighted by molar-refractivity contribution is 5.98. The topological polar surface area (TPSA) is 75.6 Å². The molecule has 1 amide bonds. The van der Waals surface area contributed by atoms with Crippen LogP contribution in [0, 0.1) is 11.8 Å². The zero-order valence-electron chi connectivity index (χ0n) is 14.6. The van der Waals surface area contributed by atoms with Crippen LogP contribution in [-0.4, -0.2) is 23.5 Å². The van der Waals surface area contributed by atoms with Gasteiger partial charge in [0, 0.05) is 24.9 Å². The number of carbonyl (C=O) groups excluding carboxylic acids is 2. The third kappa shape index (κ3) is 5.99. The predicted molar refractivity (Wildman–Crippen MR) is 98.9 cm³/mol. The van der Waals surface area contributed by atoms with E-state index in [-0.39, 0.29) is 23.7 Å². The van der Waals surface area contributed by atoms with Crippen LogP contribution in [-0.2, 0) is 11.3 Å². The van der Waals surface area contributed by atoms with E-state index >= 15 is 0 Å². The highest BCUT2D eigenvalue weighted by Gasteiger charge is 2.09. The monoisotopic (exact) mass is 351 g/mol. The van der Waals surface area contributed by atoms with Gasteiger partial charge in [0.05, 0.1) is 5.56 Å². The number of ketones is 1. The van der Waals surface area contributed by atoms with Crippen molar-refractivity contribution in [2.45, 2.75) is 26.4 Å². The van der Waals surface area contributed by atoms with Gasteiger partial charge in [-0.25, -0.2) is 4.79 Å². The quantitative estimate of drug-likeness (QED) is 0.473. The molecule has 0 heterocycles. The van der Waals surface area contributed by atoms with E-state index in [0.29, 0.717) is 24.9 Å². The summed E-state index contributed by atoms with van der Waals surface area (Å²) >= 11 is 0. The van der Waals surface area contributed by atoms with Crippen LogP contribution >= 0.6 is 0 Å². The van der Waals surface area contributed by atoms with E-state index in [1.807, 2.05) is 30.3 Å². The lowest BCUT2D eigenvalue weighted by molar-refractivity contribution is 0.0985. The number of phenolic OH excluding ortho intramolecular Hbond substituents is 1. The highest BCUT2D eigenvalue weighted by atomic mass is 16.5. The van der Waals surface area contributed by atoms with E-state index in [2.05, 4.69) is 17.2 Å². The number of ether oxygens (including phenoxy) is 1. The van der Waals surface area contributed by atoms with E-state index in [1.165, 1.54) is 6.07 Å². The van der Waals surface area contributed by atoms with Crippen LogP contribution in [0.3, 0.4) is 0 Å². The van der Waals surface area contributed by atoms with Crippen molar-refractivity contribution in [3.05, 3.63) is 65.2 Å². The first kappa shape index (κ1) is 19.1. The molecule has 5 nitrogen and oxygen atoms in total. The molecule has 134 valence electrons. The maximum Gasteiger partial charge on any atom is 0.407 e. The van der Waals surface area contributed by atoms with E-state index in [1.54, 1.807) is 19.1 Å². The van der Waals surface area contributed by atoms with Gasteiger partial charge in [0.15, 0.2) is 5.78 Å². The van der Waals surface area contributed by atoms with Crippen LogP contribution in [0.15, 0.2) is 48.5 Å². The van der Waals surface area contributed by atoms with Crippen molar-refractivity contribution in [2.24, 2.45) is 0 Å². The summed E-state index contributed by atoms with van der Waals surface area (Å²) in [5, 5.41) is 12.3. The summed E-state index contributed by atoms with van der Waals surface area (Å²) in [6, 6.07) is 14.1. The largest absolute Gasteiger partial charge is 0.507 e. The fourth-order valence-electron chi connectivity index (χ4n) is 2.19. The van der Waals surface area contributed by atoms with Gasteiger partial charge in [-0.3, -0.25) is 4.79 Å². The van der Waals surface area contributed by atoms with Gasteiger partial charge in [-0.15, -0.1) is 0 Å². The maximum atomic E-state index is 11.7. The van der Waals surface area contributed by atoms with Crippen LogP contribution in [0.1, 0.15) is 41.3 Å². The number of nitrogens with one attached hydrogen (secondary N) is 1. The van der Waals surface area contributed by atoms with Gasteiger partial charge in [-0.05, 0) is 23.8 Å². The summed E-state index contributed by atoms with van der Waals surface area (Å²) < 4.78 is 5.10. The Hall–Kier alpha value is -3.26. The van der Waals surface area contributed by atoms with Crippen molar-refractivity contribution in [3.8, 4) is 17.6 Å². The zero-order valence-corrected chi connectivity index (χ0v) is 14.6. The second-order valence-corrected chi connectivity index (χ2v) is 5.55. The second kappa shape index (κ2) is 9.90. The average molecular weight is 351 g/mol. The van der Waals surface area contributed by atoms with E-state index in [9.17, 15) is 14.7 Å². The first-order chi connectivity index (χ1) is 12.6. The van der Waals surface area contributed by atoms with Crippen molar-refractivity contribution < 1.29 is 19.4 Å². The Morgan fingerprint density at radius 2 is 1.92 bits per heavy atom. The molecule has 2 aromatic carbocycles. The van der Waals surface area contributed by atoms with Crippen LogP contribution < -0.4 is 5.32 Å². The minimum absolute atomic E-state index is 0.0368. The third-order valence-electron chi connectivity index (χ3n) is 3.58. The molecule has 2 aromatic rings. The van der Waals surface area contributed by atoms with Gasteiger partial charge in [0.1, 0.15) is 12.4 Å². The molecule has 5 heteroatoms. The fourth-order valence-corrected chi connectivity index (χ4v) is 2.19. The molecule has 0 saturated heterocycles. The fraction of sp³-hybridized carbons (Fsp3) is 0.238. The van der Waals surface area contributed by atoms with Gasteiger partial charge in [-0.2, -0.15) is 0 Å². The van der Waals surface area contributed by atoms with Gasteiger partial charge >= 0.3 is 6.09 Å². The van der Waals surface area contributed by atoms with Gasteiger partial charge in [-0.1, -0.05) is 49.1 Å². The number of alkyl carbamates (subject to hydrolysis) is 1. The molecule has 0 radical (unpaired) electrons. The number of rotatable bonds is 6. The number of Topliss-reactive ketones (excluding diaryl/α,β-unsaturated/α-hetero) is 1. The molecule has 0 atom stereocenters. The molecular weight excluding hydrogens is 330 g/mol. The summed E-state index contributed by atoms with van der Waals surface area (Å²) in [6.07, 6.45) is 0.272. The van der Waals surface area contributed by atoms with Gasteiger partial charge in [0.25, 0.3) is 0 Å². The Morgan fingerprint density at radius 3 is 2.65 bits per heavy atom. The van der Waals surface area contributed by atoms with Gasteiger partial charge < -0.3 is 15.2 Å². The number of carbonyl (C=O) groups is 2. The Bertz CT molecular complexity index is 819. The normalized spacial score (nSPS) is 9.73. The van der Waals surface area contributed by atoms with E-state index in [0.717, 1.165) is 5.56 Å². The van der Waals surface area contributed by atoms with Crippen LogP contribution in [0.2, 0.25) is 0 Å². The highest BCUT2D eigenvalue weighted by Crippen LogP contribution is 2.19. The first-order valence-corrected chi connectivity index (χ1v) is 8.39. The minimum atomic E-state index is -0.490. The van der Waals surface area contributed by atoms with E-state index < -0.39 is 6.09 Å². The van der Waals surface area contributed by atoms with Crippen molar-refractivity contribution in [3.63, 3.8) is 0 Å². The molecule has 0 spiro atoms. The van der Waals surface area contributed by atoms with Crippen molar-refractivity contribution in [2.75, 3.05) is 6.54 Å². The molecule has 26 heavy (non-hydrogen) atoms. The van der Waals surface area contributed by atoms with Gasteiger partial charge in [0.2, 0.25) is 0 Å². The number of hydrogen-bond donors (Lipinski definition) is 2. The molecule has 2 rings (SSSR count). The van der Waals surface area contributed by atoms with Crippen molar-refractivity contribution in [1.29, 1.82) is 0 Å². The lowest BCUT2D eigenvalue weighted by atomic mass is 10.0. The molecule has 0 aliphatic rings. The average Bonchev–Trinajstić information content (AvgIpc) is 2.67. The molecule has 0 saturated carbocycles. The number of phenols is 1. The molecule has 0 fully saturated rings. The molecule has 0 bridgehead atoms. The number of benzene rings is 2. The van der Waals surface area contributed by atoms with Crippen molar-refractivity contribution in [1.82, 2.24) is 5.32 Å². The first-order valence-electron chi connectivity index (χ1n) is 8.39.